The molecule has 0 aromatic carbocycles. The number of aliphatic carboxylic acids is 2. The molecule has 0 aliphatic rings. The highest BCUT2D eigenvalue weighted by Crippen LogP contribution is 1.83. The van der Waals surface area contributed by atoms with Gasteiger partial charge in [0, 0.05) is 38.6 Å². The molecule has 0 aromatic rings. The van der Waals surface area contributed by atoms with Crippen LogP contribution in [0.3, 0.4) is 0 Å². The molecule has 116 valence electrons. The lowest BCUT2D eigenvalue weighted by Gasteiger charge is -2.01. The van der Waals surface area contributed by atoms with Gasteiger partial charge < -0.3 is 24.9 Å². The Balaban J connectivity index is -0.000000218. The summed E-state index contributed by atoms with van der Waals surface area (Å²) in [5.41, 5.74) is 0. The fourth-order valence-corrected chi connectivity index (χ4v) is 0.444. The minimum absolute atomic E-state index is 0.278. The molecule has 0 aliphatic heterocycles. The van der Waals surface area contributed by atoms with Gasteiger partial charge in [-0.3, -0.25) is 14.4 Å². The molecule has 0 unspecified atom stereocenters. The van der Waals surface area contributed by atoms with Crippen LogP contribution in [0.5, 0.6) is 0 Å². The highest BCUT2D eigenvalue weighted by molar-refractivity contribution is 6.35. The van der Waals surface area contributed by atoms with Gasteiger partial charge in [0.25, 0.3) is 0 Å². The van der Waals surface area contributed by atoms with E-state index in [1.54, 1.807) is 0 Å². The van der Waals surface area contributed by atoms with Crippen LogP contribution in [-0.4, -0.2) is 40.5 Å². The number of Topliss-reactive ketones (excluding diaryl/α,β-unsaturated/α-hetero) is 3. The number of carboxylic acids is 2. The number of aliphatic hydroxyl groups excluding tert-OH is 1. The van der Waals surface area contributed by atoms with Crippen LogP contribution < -0.4 is 10.2 Å². The molecule has 1 N–H and O–H groups in total. The summed E-state index contributed by atoms with van der Waals surface area (Å²) in [7, 11) is 0. The minimum Gasteiger partial charge on any atom is -0.550 e. The molecular weight excluding hydrogens is 272 g/mol. The molecule has 8 heteroatoms. The van der Waals surface area contributed by atoms with Crippen molar-refractivity contribution in [3.63, 3.8) is 0 Å². The van der Waals surface area contributed by atoms with Gasteiger partial charge in [-0.05, 0) is 13.8 Å². The molecule has 0 aromatic heterocycles. The second kappa shape index (κ2) is 13.3. The van der Waals surface area contributed by atoms with Crippen LogP contribution in [0.1, 0.15) is 40.5 Å². The van der Waals surface area contributed by atoms with Crippen molar-refractivity contribution in [1.82, 2.24) is 0 Å². The molecule has 0 heterocycles. The van der Waals surface area contributed by atoms with E-state index in [0.29, 0.717) is 0 Å². The first-order valence-electron chi connectivity index (χ1n) is 5.48. The van der Waals surface area contributed by atoms with E-state index in [1.165, 1.54) is 27.7 Å². The van der Waals surface area contributed by atoms with Crippen LogP contribution in [-0.2, 0) is 24.0 Å². The summed E-state index contributed by atoms with van der Waals surface area (Å²) in [6.07, 6.45) is -1.54. The lowest BCUT2D eigenvalue weighted by atomic mass is 10.3. The summed E-state index contributed by atoms with van der Waals surface area (Å²) in [5, 5.41) is 27.3. The minimum atomic E-state index is -1.31. The molecule has 8 nitrogen and oxygen atoms in total. The Bertz CT molecular complexity index is 332. The van der Waals surface area contributed by atoms with Crippen LogP contribution in [0.25, 0.3) is 0 Å². The predicted octanol–water partition coefficient (Wildman–Crippen LogP) is -2.61. The van der Waals surface area contributed by atoms with E-state index in [0.717, 1.165) is 0 Å². The van der Waals surface area contributed by atoms with Crippen molar-refractivity contribution >= 4 is 29.3 Å². The van der Waals surface area contributed by atoms with Crippen LogP contribution >= 0.6 is 0 Å². The third-order valence-corrected chi connectivity index (χ3v) is 1.35. The molecule has 1 atom stereocenters. The molecule has 0 fully saturated rings. The molecule has 0 radical (unpaired) electrons. The second-order valence-corrected chi connectivity index (χ2v) is 3.79. The average Bonchev–Trinajstić information content (AvgIpc) is 2.13. The highest BCUT2D eigenvalue weighted by Gasteiger charge is 1.94. The maximum atomic E-state index is 9.83. The fraction of sp³-hybridized carbons (Fsp3) is 0.583. The first kappa shape index (κ1) is 23.0. The Morgan fingerprint density at radius 2 is 1.25 bits per heavy atom. The molecule has 0 saturated heterocycles. The van der Waals surface area contributed by atoms with Gasteiger partial charge in [0.1, 0.15) is 5.78 Å². The monoisotopic (exact) mass is 290 g/mol. The number of hydrogen-bond donors (Lipinski definition) is 1. The van der Waals surface area contributed by atoms with Crippen LogP contribution in [0, 0.1) is 0 Å². The summed E-state index contributed by atoms with van der Waals surface area (Å²) in [4.78, 5) is 48.4. The van der Waals surface area contributed by atoms with Gasteiger partial charge in [0.05, 0.1) is 6.10 Å². The summed E-state index contributed by atoms with van der Waals surface area (Å²) in [6, 6.07) is 0. The number of carbonyl (C=O) groups excluding carboxylic acids is 5. The Morgan fingerprint density at radius 3 is 1.25 bits per heavy atom. The normalized spacial score (nSPS) is 9.85. The third-order valence-electron chi connectivity index (χ3n) is 1.35. The number of rotatable bonds is 5. The van der Waals surface area contributed by atoms with Crippen molar-refractivity contribution in [1.29, 1.82) is 0 Å². The van der Waals surface area contributed by atoms with Crippen molar-refractivity contribution in [2.45, 2.75) is 46.6 Å². The Labute approximate surface area is 116 Å². The van der Waals surface area contributed by atoms with Crippen molar-refractivity contribution in [3.8, 4) is 0 Å². The van der Waals surface area contributed by atoms with Gasteiger partial charge in [0.15, 0.2) is 11.6 Å². The van der Waals surface area contributed by atoms with E-state index < -0.39 is 24.5 Å². The van der Waals surface area contributed by atoms with Gasteiger partial charge in [-0.2, -0.15) is 0 Å². The molecule has 0 rings (SSSR count). The van der Waals surface area contributed by atoms with Gasteiger partial charge >= 0.3 is 0 Å². The molecule has 0 spiro atoms. The second-order valence-electron chi connectivity index (χ2n) is 3.79. The van der Waals surface area contributed by atoms with Crippen molar-refractivity contribution in [3.05, 3.63) is 0 Å². The van der Waals surface area contributed by atoms with E-state index in [9.17, 15) is 34.2 Å². The van der Waals surface area contributed by atoms with Gasteiger partial charge in [0.2, 0.25) is 0 Å². The number of ketones is 3. The van der Waals surface area contributed by atoms with Crippen LogP contribution in [0.15, 0.2) is 0 Å². The topological polar surface area (TPSA) is 152 Å². The lowest BCUT2D eigenvalue weighted by molar-refractivity contribution is -0.307. The molecule has 0 amide bonds. The number of carboxylic acid groups (broad SMARTS) is 2. The summed E-state index contributed by atoms with van der Waals surface area (Å²) in [6.45, 7) is 5.11. The van der Waals surface area contributed by atoms with Gasteiger partial charge in [-0.15, -0.1) is 0 Å². The van der Waals surface area contributed by atoms with Crippen LogP contribution in [0.4, 0.5) is 0 Å². The van der Waals surface area contributed by atoms with E-state index in [4.69, 9.17) is 5.11 Å². The Kier molecular flexibility index (Phi) is 15.4. The molecule has 20 heavy (non-hydrogen) atoms. The first-order valence-corrected chi connectivity index (χ1v) is 5.48. The maximum Gasteiger partial charge on any atom is 0.195 e. The van der Waals surface area contributed by atoms with E-state index in [2.05, 4.69) is 0 Å². The number of hydrogen-bond acceptors (Lipinski definition) is 8. The summed E-state index contributed by atoms with van der Waals surface area (Å²) in [5.74, 6) is -3.66. The predicted molar refractivity (Wildman–Crippen MR) is 63.0 cm³/mol. The third kappa shape index (κ3) is 36.0. The van der Waals surface area contributed by atoms with E-state index >= 15 is 0 Å². The largest absolute Gasteiger partial charge is 0.550 e. The molecule has 0 aliphatic carbocycles. The summed E-state index contributed by atoms with van der Waals surface area (Å²) >= 11 is 0. The first-order chi connectivity index (χ1) is 8.89. The lowest BCUT2D eigenvalue weighted by Crippen LogP contribution is -2.25. The average molecular weight is 290 g/mol. The number of aliphatic hydroxyl groups is 1. The van der Waals surface area contributed by atoms with Gasteiger partial charge in [-0.1, -0.05) is 0 Å². The molecule has 0 saturated carbocycles. The van der Waals surface area contributed by atoms with Crippen molar-refractivity contribution in [2.75, 3.05) is 0 Å². The maximum absolute atomic E-state index is 9.83. The standard InChI is InChI=1S/C4H8O3.C4H6O3.C4H6O2/c2*1-3(5)2-4(6)7;1-3(5)4(2)6/h3,5H,2H2,1H3,(H,6,7);2H2,1H3,(H,6,7);1-2H3/p-2/t3-;;/m1../s1. The Morgan fingerprint density at radius 1 is 0.900 bits per heavy atom. The smallest absolute Gasteiger partial charge is 0.195 e. The SMILES string of the molecule is CC(=O)C(C)=O.CC(=O)CC(=O)[O-].C[C@@H](O)CC(=O)[O-]. The van der Waals surface area contributed by atoms with Crippen molar-refractivity contribution in [2.24, 2.45) is 0 Å². The number of carbonyl (C=O) groups is 5. The van der Waals surface area contributed by atoms with E-state index in [1.807, 2.05) is 0 Å². The zero-order valence-corrected chi connectivity index (χ0v) is 11.8. The summed E-state index contributed by atoms with van der Waals surface area (Å²) < 4.78 is 0. The highest BCUT2D eigenvalue weighted by atomic mass is 16.4. The fourth-order valence-electron chi connectivity index (χ4n) is 0.444. The van der Waals surface area contributed by atoms with Crippen LogP contribution in [0.2, 0.25) is 0 Å². The quantitative estimate of drug-likeness (QED) is 0.427. The Hall–Kier alpha value is -2.09. The zero-order chi connectivity index (χ0) is 16.9. The van der Waals surface area contributed by atoms with Gasteiger partial charge in [-0.25, -0.2) is 0 Å². The zero-order valence-electron chi connectivity index (χ0n) is 11.8. The molecular formula is C12H18O8-2. The van der Waals surface area contributed by atoms with Crippen molar-refractivity contribution < 1.29 is 39.3 Å². The van der Waals surface area contributed by atoms with E-state index in [-0.39, 0.29) is 23.8 Å². The molecule has 0 bridgehead atoms.